The first kappa shape index (κ1) is 25.7. The minimum atomic E-state index is -0.631. The molecule has 2 saturated carbocycles. The van der Waals surface area contributed by atoms with Crippen LogP contribution in [0.25, 0.3) is 0 Å². The zero-order valence-corrected chi connectivity index (χ0v) is 20.9. The predicted molar refractivity (Wildman–Crippen MR) is 122 cm³/mol. The summed E-state index contributed by atoms with van der Waals surface area (Å²) in [4.78, 5) is 37.3. The topological polar surface area (TPSA) is 99.1 Å². The summed E-state index contributed by atoms with van der Waals surface area (Å²) in [6.07, 6.45) is 4.42. The van der Waals surface area contributed by atoms with Crippen LogP contribution in [-0.4, -0.2) is 48.9 Å². The Morgan fingerprint density at radius 2 is 2.00 bits per heavy atom. The van der Waals surface area contributed by atoms with E-state index in [0.717, 1.165) is 12.8 Å². The molecule has 1 heterocycles. The lowest BCUT2D eigenvalue weighted by atomic mass is 9.43. The number of carbonyl (C=O) groups excluding carboxylic acids is 3. The molecule has 1 aliphatic heterocycles. The fourth-order valence-electron chi connectivity index (χ4n) is 6.60. The number of rotatable bonds is 7. The molecule has 0 aromatic rings. The van der Waals surface area contributed by atoms with Crippen LogP contribution in [-0.2, 0) is 28.6 Å². The summed E-state index contributed by atoms with van der Waals surface area (Å²) >= 11 is 0. The van der Waals surface area contributed by atoms with E-state index in [9.17, 15) is 19.5 Å². The van der Waals surface area contributed by atoms with Crippen LogP contribution in [0.4, 0.5) is 0 Å². The van der Waals surface area contributed by atoms with Gasteiger partial charge >= 0.3 is 17.9 Å². The summed E-state index contributed by atoms with van der Waals surface area (Å²) in [5.74, 6) is -1.42. The molecule has 7 heteroatoms. The second-order valence-corrected chi connectivity index (χ2v) is 10.8. The Hall–Kier alpha value is -1.89. The Balaban J connectivity index is 1.98. The van der Waals surface area contributed by atoms with E-state index in [1.165, 1.54) is 13.2 Å². The summed E-state index contributed by atoms with van der Waals surface area (Å²) in [7, 11) is 1.40. The maximum Gasteiger partial charge on any atom is 0.331 e. The molecule has 0 aromatic heterocycles. The van der Waals surface area contributed by atoms with E-state index in [-0.39, 0.29) is 47.6 Å². The van der Waals surface area contributed by atoms with Gasteiger partial charge in [0.15, 0.2) is 0 Å². The lowest BCUT2D eigenvalue weighted by molar-refractivity contribution is -0.200. The highest BCUT2D eigenvalue weighted by molar-refractivity contribution is 5.85. The van der Waals surface area contributed by atoms with Gasteiger partial charge in [-0.3, -0.25) is 9.59 Å². The van der Waals surface area contributed by atoms with Crippen LogP contribution in [0.2, 0.25) is 0 Å². The van der Waals surface area contributed by atoms with Crippen LogP contribution < -0.4 is 0 Å². The van der Waals surface area contributed by atoms with Crippen LogP contribution in [0, 0.1) is 34.5 Å². The zero-order chi connectivity index (χ0) is 24.6. The second kappa shape index (κ2) is 9.77. The third-order valence-corrected chi connectivity index (χ3v) is 9.19. The Morgan fingerprint density at radius 3 is 2.58 bits per heavy atom. The standard InChI is InChI=1S/C26H40O7/c1-7-15(2)23(29)33-19(17-12-22(28)32-14-17)13-25(4)16(3)11-21(27)26(5)18(24(30)31-6)9-8-10-20(25)26/h12,15-16,18-21,27H,7-11,13-14H2,1-6H3/t15-,16+,18-,19-,20+,21-,25-,26-/m0/s1. The highest BCUT2D eigenvalue weighted by atomic mass is 16.6. The minimum absolute atomic E-state index is 0.0324. The molecule has 2 aliphatic carbocycles. The predicted octanol–water partition coefficient (Wildman–Crippen LogP) is 3.82. The highest BCUT2D eigenvalue weighted by Gasteiger charge is 2.62. The van der Waals surface area contributed by atoms with Crippen LogP contribution in [0.5, 0.6) is 0 Å². The SMILES string of the molecule is CC[C@H](C)C(=O)O[C@@H](C[C@@]1(C)[C@H](C)C[C@H](O)[C@]2(C)[C@@H]1CCC[C@H]2C(=O)OC)C1=CC(=O)OC1. The number of aliphatic hydroxyl groups is 1. The van der Waals surface area contributed by atoms with E-state index >= 15 is 0 Å². The van der Waals surface area contributed by atoms with E-state index in [0.29, 0.717) is 31.3 Å². The molecule has 0 radical (unpaired) electrons. The molecule has 0 saturated heterocycles. The maximum atomic E-state index is 12.8. The number of ether oxygens (including phenoxy) is 3. The molecule has 8 atom stereocenters. The molecule has 0 spiro atoms. The highest BCUT2D eigenvalue weighted by Crippen LogP contribution is 2.63. The van der Waals surface area contributed by atoms with Gasteiger partial charge in [-0.15, -0.1) is 0 Å². The summed E-state index contributed by atoms with van der Waals surface area (Å²) in [5, 5.41) is 11.2. The largest absolute Gasteiger partial charge is 0.469 e. The van der Waals surface area contributed by atoms with Crippen LogP contribution >= 0.6 is 0 Å². The van der Waals surface area contributed by atoms with E-state index in [1.54, 1.807) is 0 Å². The van der Waals surface area contributed by atoms with Crippen molar-refractivity contribution in [3.05, 3.63) is 11.6 Å². The maximum absolute atomic E-state index is 12.8. The van der Waals surface area contributed by atoms with Crippen LogP contribution in [0.1, 0.15) is 73.1 Å². The summed E-state index contributed by atoms with van der Waals surface area (Å²) < 4.78 is 16.3. The molecule has 7 nitrogen and oxygen atoms in total. The first-order valence-corrected chi connectivity index (χ1v) is 12.3. The molecule has 2 fully saturated rings. The molecular weight excluding hydrogens is 424 g/mol. The van der Waals surface area contributed by atoms with E-state index in [1.807, 2.05) is 20.8 Å². The lowest BCUT2D eigenvalue weighted by Gasteiger charge is -2.62. The van der Waals surface area contributed by atoms with Crippen molar-refractivity contribution in [2.45, 2.75) is 85.4 Å². The van der Waals surface area contributed by atoms with Gasteiger partial charge < -0.3 is 19.3 Å². The van der Waals surface area contributed by atoms with Crippen molar-refractivity contribution in [3.63, 3.8) is 0 Å². The molecule has 1 N–H and O–H groups in total. The van der Waals surface area contributed by atoms with Crippen LogP contribution in [0.15, 0.2) is 11.6 Å². The average molecular weight is 465 g/mol. The van der Waals surface area contributed by atoms with Crippen molar-refractivity contribution in [2.24, 2.45) is 34.5 Å². The van der Waals surface area contributed by atoms with Gasteiger partial charge in [-0.2, -0.15) is 0 Å². The van der Waals surface area contributed by atoms with Gasteiger partial charge in [0, 0.05) is 17.1 Å². The molecular formula is C26H40O7. The van der Waals surface area contributed by atoms with Gasteiger partial charge in [0.05, 0.1) is 25.0 Å². The number of hydrogen-bond donors (Lipinski definition) is 1. The van der Waals surface area contributed by atoms with Crippen LogP contribution in [0.3, 0.4) is 0 Å². The van der Waals surface area contributed by atoms with E-state index in [2.05, 4.69) is 13.8 Å². The van der Waals surface area contributed by atoms with Gasteiger partial charge in [0.1, 0.15) is 12.7 Å². The van der Waals surface area contributed by atoms with Crippen molar-refractivity contribution in [2.75, 3.05) is 13.7 Å². The summed E-state index contributed by atoms with van der Waals surface area (Å²) in [6, 6.07) is 0. The Kier molecular flexibility index (Phi) is 7.62. The first-order chi connectivity index (χ1) is 15.5. The molecule has 0 aromatic carbocycles. The molecule has 186 valence electrons. The van der Waals surface area contributed by atoms with Crippen molar-refractivity contribution >= 4 is 17.9 Å². The Bertz CT molecular complexity index is 804. The minimum Gasteiger partial charge on any atom is -0.469 e. The monoisotopic (exact) mass is 464 g/mol. The molecule has 3 aliphatic rings. The Labute approximate surface area is 197 Å². The molecule has 0 amide bonds. The number of methoxy groups -OCH3 is 1. The number of esters is 3. The quantitative estimate of drug-likeness (QED) is 0.452. The summed E-state index contributed by atoms with van der Waals surface area (Å²) in [6.45, 7) is 10.2. The van der Waals surface area contributed by atoms with Crippen molar-refractivity contribution < 1.29 is 33.7 Å². The number of aliphatic hydroxyl groups excluding tert-OH is 1. The smallest absolute Gasteiger partial charge is 0.331 e. The van der Waals surface area contributed by atoms with E-state index < -0.39 is 23.6 Å². The van der Waals surface area contributed by atoms with Gasteiger partial charge in [-0.05, 0) is 49.4 Å². The number of carbonyl (C=O) groups is 3. The van der Waals surface area contributed by atoms with Gasteiger partial charge in [0.25, 0.3) is 0 Å². The normalized spacial score (nSPS) is 37.9. The van der Waals surface area contributed by atoms with Crippen molar-refractivity contribution in [3.8, 4) is 0 Å². The van der Waals surface area contributed by atoms with Gasteiger partial charge in [0.2, 0.25) is 0 Å². The zero-order valence-electron chi connectivity index (χ0n) is 20.9. The number of cyclic esters (lactones) is 1. The van der Waals surface area contributed by atoms with Crippen molar-refractivity contribution in [1.82, 2.24) is 0 Å². The number of fused-ring (bicyclic) bond motifs is 1. The van der Waals surface area contributed by atoms with E-state index in [4.69, 9.17) is 14.2 Å². The third kappa shape index (κ3) is 4.58. The Morgan fingerprint density at radius 1 is 1.30 bits per heavy atom. The second-order valence-electron chi connectivity index (χ2n) is 10.8. The summed E-state index contributed by atoms with van der Waals surface area (Å²) in [5.41, 5.74) is -0.278. The van der Waals surface area contributed by atoms with Crippen molar-refractivity contribution in [1.29, 1.82) is 0 Å². The molecule has 0 unspecified atom stereocenters. The molecule has 3 rings (SSSR count). The molecule has 0 bridgehead atoms. The molecule has 33 heavy (non-hydrogen) atoms. The fourth-order valence-corrected chi connectivity index (χ4v) is 6.60. The first-order valence-electron chi connectivity index (χ1n) is 12.3. The third-order valence-electron chi connectivity index (χ3n) is 9.19. The van der Waals surface area contributed by atoms with Gasteiger partial charge in [-0.1, -0.05) is 41.0 Å². The van der Waals surface area contributed by atoms with Gasteiger partial charge in [-0.25, -0.2) is 4.79 Å². The lowest BCUT2D eigenvalue weighted by Crippen LogP contribution is -2.61. The number of hydrogen-bond acceptors (Lipinski definition) is 7. The fraction of sp³-hybridized carbons (Fsp3) is 0.808. The average Bonchev–Trinajstić information content (AvgIpc) is 3.22.